The molecule has 0 spiro atoms. The van der Waals surface area contributed by atoms with Gasteiger partial charge in [0, 0.05) is 17.7 Å². The first kappa shape index (κ1) is 20.9. The second kappa shape index (κ2) is 8.27. The van der Waals surface area contributed by atoms with Crippen molar-refractivity contribution in [2.75, 3.05) is 12.4 Å². The van der Waals surface area contributed by atoms with E-state index in [1.807, 2.05) is 40.7 Å². The number of aryl methyl sites for hydroxylation is 4. The van der Waals surface area contributed by atoms with Crippen molar-refractivity contribution >= 4 is 33.3 Å². The van der Waals surface area contributed by atoms with Gasteiger partial charge in [0.25, 0.3) is 5.56 Å². The van der Waals surface area contributed by atoms with E-state index in [1.54, 1.807) is 11.6 Å². The zero-order chi connectivity index (χ0) is 20.6. The Morgan fingerprint density at radius 1 is 1.18 bits per heavy atom. The monoisotopic (exact) mass is 418 g/mol. The second-order valence-electron chi connectivity index (χ2n) is 7.15. The van der Waals surface area contributed by atoms with E-state index in [9.17, 15) is 9.90 Å². The van der Waals surface area contributed by atoms with Gasteiger partial charge in [0.1, 0.15) is 17.2 Å². The lowest BCUT2D eigenvalue weighted by molar-refractivity contribution is 0.125. The van der Waals surface area contributed by atoms with E-state index in [1.165, 1.54) is 28.7 Å². The molecule has 150 valence electrons. The van der Waals surface area contributed by atoms with Gasteiger partial charge in [-0.05, 0) is 56.9 Å². The lowest BCUT2D eigenvalue weighted by Crippen LogP contribution is -2.23. The summed E-state index contributed by atoms with van der Waals surface area (Å²) < 4.78 is 7.46. The summed E-state index contributed by atoms with van der Waals surface area (Å²) in [5.41, 5.74) is 4.28. The highest BCUT2D eigenvalue weighted by Gasteiger charge is 2.16. The molecule has 5 nitrogen and oxygen atoms in total. The molecule has 2 heterocycles. The molecular formula is C21H26N2O3S2. The summed E-state index contributed by atoms with van der Waals surface area (Å²) in [6.45, 7) is 10.2. The van der Waals surface area contributed by atoms with Crippen LogP contribution in [0.15, 0.2) is 22.1 Å². The van der Waals surface area contributed by atoms with Gasteiger partial charge in [-0.25, -0.2) is 4.98 Å². The average molecular weight is 419 g/mol. The topological polar surface area (TPSA) is 64.3 Å². The first-order chi connectivity index (χ1) is 13.2. The van der Waals surface area contributed by atoms with Gasteiger partial charge in [-0.15, -0.1) is 11.3 Å². The minimum absolute atomic E-state index is 0.0360. The molecule has 0 bridgehead atoms. The van der Waals surface area contributed by atoms with Crippen LogP contribution in [0, 0.1) is 34.6 Å². The lowest BCUT2D eigenvalue weighted by atomic mass is 10.1. The van der Waals surface area contributed by atoms with E-state index in [0.29, 0.717) is 16.3 Å². The van der Waals surface area contributed by atoms with Crippen molar-refractivity contribution in [3.63, 3.8) is 0 Å². The molecule has 1 atom stereocenters. The zero-order valence-corrected chi connectivity index (χ0v) is 18.8. The van der Waals surface area contributed by atoms with E-state index in [4.69, 9.17) is 4.74 Å². The Morgan fingerprint density at radius 2 is 1.86 bits per heavy atom. The minimum atomic E-state index is -0.663. The predicted molar refractivity (Wildman–Crippen MR) is 117 cm³/mol. The normalized spacial score (nSPS) is 12.5. The van der Waals surface area contributed by atoms with Crippen LogP contribution < -0.4 is 10.3 Å². The Balaban J connectivity index is 1.70. The molecule has 1 N–H and O–H groups in total. The number of ether oxygens (including phenoxy) is 1. The molecule has 7 heteroatoms. The smallest absolute Gasteiger partial charge is 0.262 e. The van der Waals surface area contributed by atoms with Crippen LogP contribution in [0.1, 0.15) is 27.1 Å². The molecule has 28 heavy (non-hydrogen) atoms. The van der Waals surface area contributed by atoms with Crippen LogP contribution in [0.3, 0.4) is 0 Å². The highest BCUT2D eigenvalue weighted by Crippen LogP contribution is 2.29. The Kier molecular flexibility index (Phi) is 6.17. The SMILES string of the molecule is Cc1ccc(C)c(OCC(O)CSc2nc3sc(C)c(C)c3c(=O)n2C)c1C. The molecule has 0 amide bonds. The van der Waals surface area contributed by atoms with Gasteiger partial charge in [0.2, 0.25) is 0 Å². The number of aliphatic hydroxyl groups is 1. The molecule has 0 saturated carbocycles. The average Bonchev–Trinajstić information content (AvgIpc) is 2.94. The summed E-state index contributed by atoms with van der Waals surface area (Å²) in [6.07, 6.45) is -0.663. The molecule has 0 saturated heterocycles. The quantitative estimate of drug-likeness (QED) is 0.483. The number of fused-ring (bicyclic) bond motifs is 1. The molecule has 1 unspecified atom stereocenters. The van der Waals surface area contributed by atoms with Crippen molar-refractivity contribution in [3.8, 4) is 5.75 Å². The van der Waals surface area contributed by atoms with Crippen LogP contribution in [0.5, 0.6) is 5.75 Å². The van der Waals surface area contributed by atoms with Crippen LogP contribution in [0.4, 0.5) is 0 Å². The number of hydrogen-bond acceptors (Lipinski definition) is 6. The predicted octanol–water partition coefficient (Wildman–Crippen LogP) is 4.07. The Bertz CT molecular complexity index is 1090. The summed E-state index contributed by atoms with van der Waals surface area (Å²) >= 11 is 2.91. The molecule has 2 aromatic heterocycles. The first-order valence-electron chi connectivity index (χ1n) is 9.17. The Morgan fingerprint density at radius 3 is 2.57 bits per heavy atom. The largest absolute Gasteiger partial charge is 0.490 e. The van der Waals surface area contributed by atoms with Crippen LogP contribution in [0.2, 0.25) is 0 Å². The van der Waals surface area contributed by atoms with E-state index in [-0.39, 0.29) is 12.2 Å². The third kappa shape index (κ3) is 3.97. The second-order valence-corrected chi connectivity index (χ2v) is 9.34. The molecule has 0 fully saturated rings. The van der Waals surface area contributed by atoms with Crippen molar-refractivity contribution in [2.24, 2.45) is 7.05 Å². The number of aromatic nitrogens is 2. The fourth-order valence-corrected chi connectivity index (χ4v) is 4.98. The van der Waals surface area contributed by atoms with E-state index in [2.05, 4.69) is 11.1 Å². The maximum absolute atomic E-state index is 12.7. The fourth-order valence-electron chi connectivity index (χ4n) is 3.03. The molecule has 0 aliphatic rings. The third-order valence-electron chi connectivity index (χ3n) is 5.07. The maximum Gasteiger partial charge on any atom is 0.262 e. The van der Waals surface area contributed by atoms with Crippen molar-refractivity contribution in [1.29, 1.82) is 0 Å². The van der Waals surface area contributed by atoms with Crippen LogP contribution >= 0.6 is 23.1 Å². The number of aliphatic hydroxyl groups excluding tert-OH is 1. The summed E-state index contributed by atoms with van der Waals surface area (Å²) in [7, 11) is 1.73. The number of rotatable bonds is 6. The summed E-state index contributed by atoms with van der Waals surface area (Å²) in [5, 5.41) is 11.7. The molecule has 0 aliphatic carbocycles. The molecule has 1 aromatic carbocycles. The van der Waals surface area contributed by atoms with Gasteiger partial charge >= 0.3 is 0 Å². The van der Waals surface area contributed by atoms with Crippen molar-refractivity contribution in [1.82, 2.24) is 9.55 Å². The summed E-state index contributed by atoms with van der Waals surface area (Å²) in [5.74, 6) is 1.24. The van der Waals surface area contributed by atoms with Gasteiger partial charge in [0.15, 0.2) is 5.16 Å². The zero-order valence-electron chi connectivity index (χ0n) is 17.1. The van der Waals surface area contributed by atoms with Crippen molar-refractivity contribution in [2.45, 2.75) is 45.9 Å². The maximum atomic E-state index is 12.7. The molecule has 3 aromatic rings. The Labute approximate surface area is 173 Å². The lowest BCUT2D eigenvalue weighted by Gasteiger charge is -2.17. The third-order valence-corrected chi connectivity index (χ3v) is 7.34. The van der Waals surface area contributed by atoms with Crippen molar-refractivity contribution < 1.29 is 9.84 Å². The van der Waals surface area contributed by atoms with Gasteiger partial charge in [0.05, 0.1) is 11.5 Å². The molecule has 3 rings (SSSR count). The standard InChI is InChI=1S/C21H26N2O3S2/c1-11-7-8-12(2)18(13(11)3)26-9-16(24)10-27-21-22-19-17(20(25)23(21)6)14(4)15(5)28-19/h7-8,16,24H,9-10H2,1-6H3. The van der Waals surface area contributed by atoms with Crippen LogP contribution in [-0.2, 0) is 7.05 Å². The molecule has 0 aliphatic heterocycles. The number of benzene rings is 1. The first-order valence-corrected chi connectivity index (χ1v) is 11.0. The highest BCUT2D eigenvalue weighted by atomic mass is 32.2. The molecule has 0 radical (unpaired) electrons. The summed E-state index contributed by atoms with van der Waals surface area (Å²) in [4.78, 5) is 19.2. The number of thioether (sulfide) groups is 1. The van der Waals surface area contributed by atoms with Crippen LogP contribution in [-0.4, -0.2) is 33.1 Å². The van der Waals surface area contributed by atoms with Gasteiger partial charge in [-0.2, -0.15) is 0 Å². The van der Waals surface area contributed by atoms with E-state index >= 15 is 0 Å². The van der Waals surface area contributed by atoms with Gasteiger partial charge in [-0.1, -0.05) is 23.9 Å². The fraction of sp³-hybridized carbons (Fsp3) is 0.429. The number of hydrogen-bond donors (Lipinski definition) is 1. The Hall–Kier alpha value is -1.83. The minimum Gasteiger partial charge on any atom is -0.490 e. The van der Waals surface area contributed by atoms with E-state index < -0.39 is 6.10 Å². The van der Waals surface area contributed by atoms with Gasteiger partial charge < -0.3 is 9.84 Å². The summed E-state index contributed by atoms with van der Waals surface area (Å²) in [6, 6.07) is 4.10. The number of thiophene rings is 1. The number of nitrogens with zero attached hydrogens (tertiary/aromatic N) is 2. The highest BCUT2D eigenvalue weighted by molar-refractivity contribution is 7.99. The van der Waals surface area contributed by atoms with Crippen LogP contribution in [0.25, 0.3) is 10.2 Å². The van der Waals surface area contributed by atoms with E-state index in [0.717, 1.165) is 32.1 Å². The van der Waals surface area contributed by atoms with Gasteiger partial charge in [-0.3, -0.25) is 9.36 Å². The van der Waals surface area contributed by atoms with Crippen molar-refractivity contribution in [3.05, 3.63) is 49.6 Å². The molecular weight excluding hydrogens is 392 g/mol.